The van der Waals surface area contributed by atoms with E-state index in [2.05, 4.69) is 39.8 Å². The summed E-state index contributed by atoms with van der Waals surface area (Å²) < 4.78 is 5.32. The first-order valence-electron chi connectivity index (χ1n) is 12.7. The molecule has 0 spiro atoms. The van der Waals surface area contributed by atoms with Crippen LogP contribution in [0.5, 0.6) is 0 Å². The summed E-state index contributed by atoms with van der Waals surface area (Å²) in [5, 5.41) is 15.3. The Morgan fingerprint density at radius 1 is 1.03 bits per heavy atom. The van der Waals surface area contributed by atoms with Crippen LogP contribution >= 0.6 is 23.1 Å². The zero-order valence-corrected chi connectivity index (χ0v) is 22.1. The van der Waals surface area contributed by atoms with E-state index in [1.807, 2.05) is 12.1 Å². The molecule has 2 aromatic heterocycles. The Morgan fingerprint density at radius 3 is 2.62 bits per heavy atom. The molecule has 0 saturated heterocycles. The molecule has 2 aromatic carbocycles. The van der Waals surface area contributed by atoms with Crippen LogP contribution in [0.3, 0.4) is 0 Å². The molecule has 188 valence electrons. The van der Waals surface area contributed by atoms with Gasteiger partial charge >= 0.3 is 5.97 Å². The van der Waals surface area contributed by atoms with Crippen molar-refractivity contribution in [2.75, 3.05) is 17.7 Å². The molecule has 0 aliphatic heterocycles. The van der Waals surface area contributed by atoms with Crippen LogP contribution in [-0.4, -0.2) is 39.4 Å². The molecule has 6 rings (SSSR count). The summed E-state index contributed by atoms with van der Waals surface area (Å²) in [5.74, 6) is 0.0180. The van der Waals surface area contributed by atoms with Crippen molar-refractivity contribution in [2.45, 2.75) is 50.6 Å². The lowest BCUT2D eigenvalue weighted by Crippen LogP contribution is -2.15. The number of carbonyl (C=O) groups is 2. The van der Waals surface area contributed by atoms with Gasteiger partial charge in [0.05, 0.1) is 12.2 Å². The zero-order chi connectivity index (χ0) is 25.4. The number of thioether (sulfide) groups is 1. The summed E-state index contributed by atoms with van der Waals surface area (Å²) in [4.78, 5) is 31.6. The smallest absolute Gasteiger partial charge is 0.341 e. The van der Waals surface area contributed by atoms with E-state index < -0.39 is 0 Å². The molecule has 1 N–H and O–H groups in total. The molecular formula is C28H26N4O3S2. The highest BCUT2D eigenvalue weighted by Crippen LogP contribution is 2.45. The fourth-order valence-corrected chi connectivity index (χ4v) is 7.17. The number of hydrogen-bond donors (Lipinski definition) is 1. The molecule has 2 heterocycles. The lowest BCUT2D eigenvalue weighted by atomic mass is 10.0. The number of aryl methyl sites for hydroxylation is 1. The highest BCUT2D eigenvalue weighted by atomic mass is 32.2. The maximum Gasteiger partial charge on any atom is 0.341 e. The largest absolute Gasteiger partial charge is 0.462 e. The van der Waals surface area contributed by atoms with E-state index in [-0.39, 0.29) is 18.3 Å². The summed E-state index contributed by atoms with van der Waals surface area (Å²) >= 11 is 2.93. The third-order valence-electron chi connectivity index (χ3n) is 6.80. The molecule has 2 aliphatic rings. The normalized spacial score (nSPS) is 13.6. The minimum absolute atomic E-state index is 0.138. The van der Waals surface area contributed by atoms with Gasteiger partial charge in [0.25, 0.3) is 0 Å². The fourth-order valence-electron chi connectivity index (χ4n) is 5.15. The molecule has 1 amide bonds. The van der Waals surface area contributed by atoms with E-state index in [0.29, 0.717) is 28.1 Å². The van der Waals surface area contributed by atoms with Crippen LogP contribution in [0, 0.1) is 0 Å². The van der Waals surface area contributed by atoms with Crippen molar-refractivity contribution < 1.29 is 14.3 Å². The van der Waals surface area contributed by atoms with Crippen LogP contribution in [0.2, 0.25) is 0 Å². The van der Waals surface area contributed by atoms with Crippen molar-refractivity contribution in [1.29, 1.82) is 0 Å². The number of nitrogens with zero attached hydrogens (tertiary/aromatic N) is 3. The van der Waals surface area contributed by atoms with Gasteiger partial charge in [-0.15, -0.1) is 21.5 Å². The SMILES string of the molecule is CCOC(=O)c1c(NC(=O)CCSc2nnc3c(n2)-c2cccc4cccc-3c24)sc2c1CCCCC2. The number of ether oxygens (including phenoxy) is 1. The number of esters is 1. The van der Waals surface area contributed by atoms with Crippen LogP contribution in [0.15, 0.2) is 41.6 Å². The molecule has 4 aromatic rings. The van der Waals surface area contributed by atoms with Crippen LogP contribution in [0.25, 0.3) is 33.3 Å². The highest BCUT2D eigenvalue weighted by Gasteiger charge is 2.27. The number of benzene rings is 2. The van der Waals surface area contributed by atoms with Gasteiger partial charge in [-0.2, -0.15) is 0 Å². The number of nitrogens with one attached hydrogen (secondary N) is 1. The van der Waals surface area contributed by atoms with E-state index in [4.69, 9.17) is 9.72 Å². The average Bonchev–Trinajstić information content (AvgIpc) is 3.30. The molecule has 7 nitrogen and oxygen atoms in total. The molecule has 0 unspecified atom stereocenters. The predicted octanol–water partition coefficient (Wildman–Crippen LogP) is 6.30. The van der Waals surface area contributed by atoms with Gasteiger partial charge in [-0.3, -0.25) is 4.79 Å². The summed E-state index contributed by atoms with van der Waals surface area (Å²) in [7, 11) is 0. The number of hydrogen-bond acceptors (Lipinski definition) is 8. The maximum absolute atomic E-state index is 12.9. The molecular weight excluding hydrogens is 504 g/mol. The van der Waals surface area contributed by atoms with Crippen LogP contribution in [0.1, 0.15) is 53.4 Å². The number of carbonyl (C=O) groups excluding carboxylic acids is 2. The lowest BCUT2D eigenvalue weighted by molar-refractivity contribution is -0.115. The van der Waals surface area contributed by atoms with Crippen molar-refractivity contribution in [3.05, 3.63) is 52.4 Å². The molecule has 0 fully saturated rings. The van der Waals surface area contributed by atoms with E-state index in [9.17, 15) is 9.59 Å². The molecule has 0 saturated carbocycles. The van der Waals surface area contributed by atoms with E-state index in [1.165, 1.54) is 28.0 Å². The van der Waals surface area contributed by atoms with Gasteiger partial charge in [0.15, 0.2) is 0 Å². The first kappa shape index (κ1) is 24.1. The second kappa shape index (κ2) is 10.2. The van der Waals surface area contributed by atoms with Crippen molar-refractivity contribution in [3.8, 4) is 22.5 Å². The van der Waals surface area contributed by atoms with Gasteiger partial charge in [-0.05, 0) is 43.6 Å². The number of anilines is 1. The number of rotatable bonds is 7. The number of thiophene rings is 1. The zero-order valence-electron chi connectivity index (χ0n) is 20.5. The summed E-state index contributed by atoms with van der Waals surface area (Å²) in [6.07, 6.45) is 5.38. The van der Waals surface area contributed by atoms with Gasteiger partial charge in [-0.1, -0.05) is 54.6 Å². The van der Waals surface area contributed by atoms with Crippen molar-refractivity contribution >= 4 is 50.7 Å². The Labute approximate surface area is 223 Å². The Bertz CT molecular complexity index is 1530. The third kappa shape index (κ3) is 4.51. The van der Waals surface area contributed by atoms with E-state index >= 15 is 0 Å². The molecule has 9 heteroatoms. The minimum Gasteiger partial charge on any atom is -0.462 e. The molecule has 0 radical (unpaired) electrons. The first-order valence-corrected chi connectivity index (χ1v) is 14.5. The van der Waals surface area contributed by atoms with Gasteiger partial charge in [-0.25, -0.2) is 9.78 Å². The van der Waals surface area contributed by atoms with Crippen molar-refractivity contribution in [1.82, 2.24) is 15.2 Å². The van der Waals surface area contributed by atoms with Crippen LogP contribution < -0.4 is 5.32 Å². The Balaban J connectivity index is 1.14. The second-order valence-electron chi connectivity index (χ2n) is 9.14. The second-order valence-corrected chi connectivity index (χ2v) is 11.3. The first-order chi connectivity index (χ1) is 18.1. The minimum atomic E-state index is -0.347. The number of aromatic nitrogens is 3. The van der Waals surface area contributed by atoms with Crippen LogP contribution in [-0.2, 0) is 22.4 Å². The van der Waals surface area contributed by atoms with E-state index in [1.54, 1.807) is 6.92 Å². The van der Waals surface area contributed by atoms with E-state index in [0.717, 1.165) is 71.0 Å². The van der Waals surface area contributed by atoms with Gasteiger partial charge in [0.1, 0.15) is 16.4 Å². The summed E-state index contributed by atoms with van der Waals surface area (Å²) in [5.41, 5.74) is 5.38. The lowest BCUT2D eigenvalue weighted by Gasteiger charge is -2.08. The van der Waals surface area contributed by atoms with Gasteiger partial charge in [0.2, 0.25) is 11.1 Å². The Hall–Kier alpha value is -3.30. The molecule has 0 atom stereocenters. The molecule has 0 bridgehead atoms. The van der Waals surface area contributed by atoms with Crippen LogP contribution in [0.4, 0.5) is 5.00 Å². The Kier molecular flexibility index (Phi) is 6.65. The number of fused-ring (bicyclic) bond motifs is 4. The predicted molar refractivity (Wildman–Crippen MR) is 147 cm³/mol. The topological polar surface area (TPSA) is 94.1 Å². The standard InChI is InChI=1S/C28H26N4O3S2/c1-2-35-27(34)23-17-10-4-3-5-13-20(17)37-26(23)29-21(33)14-15-36-28-30-24-18-11-6-8-16-9-7-12-19(22(16)18)25(24)31-32-28/h6-9,11-12H,2-5,10,13-15H2,1H3,(H,29,33). The fraction of sp³-hybridized carbons (Fsp3) is 0.321. The summed E-state index contributed by atoms with van der Waals surface area (Å²) in [6.45, 7) is 2.11. The van der Waals surface area contributed by atoms with Crippen molar-refractivity contribution in [2.24, 2.45) is 0 Å². The molecule has 37 heavy (non-hydrogen) atoms. The Morgan fingerprint density at radius 2 is 1.81 bits per heavy atom. The van der Waals surface area contributed by atoms with Crippen molar-refractivity contribution in [3.63, 3.8) is 0 Å². The molecule has 2 aliphatic carbocycles. The highest BCUT2D eigenvalue weighted by molar-refractivity contribution is 7.99. The summed E-state index contributed by atoms with van der Waals surface area (Å²) in [6, 6.07) is 12.4. The van der Waals surface area contributed by atoms with Gasteiger partial charge < -0.3 is 10.1 Å². The monoisotopic (exact) mass is 530 g/mol. The average molecular weight is 531 g/mol. The third-order valence-corrected chi connectivity index (χ3v) is 8.84. The van der Waals surface area contributed by atoms with Gasteiger partial charge in [0, 0.05) is 33.6 Å². The number of amides is 1. The maximum atomic E-state index is 12.9. The quantitative estimate of drug-likeness (QED) is 0.150.